The molecule has 0 radical (unpaired) electrons. The molecule has 0 saturated heterocycles. The topological polar surface area (TPSA) is 42.0 Å². The molecule has 3 aromatic rings. The molecule has 6 heteroatoms. The lowest BCUT2D eigenvalue weighted by Crippen LogP contribution is -2.13. The van der Waals surface area contributed by atoms with Crippen LogP contribution in [0.1, 0.15) is 16.7 Å². The highest BCUT2D eigenvalue weighted by molar-refractivity contribution is 8.00. The number of hydrogen-bond acceptors (Lipinski definition) is 4. The van der Waals surface area contributed by atoms with Crippen molar-refractivity contribution in [3.63, 3.8) is 0 Å². The number of aryl methyl sites for hydroxylation is 3. The van der Waals surface area contributed by atoms with Crippen molar-refractivity contribution >= 4 is 34.1 Å². The van der Waals surface area contributed by atoms with E-state index < -0.39 is 0 Å². The third-order valence-corrected chi connectivity index (χ3v) is 5.64. The number of nitrogens with one attached hydrogen (secondary N) is 1. The Hall–Kier alpha value is -2.18. The first-order valence-electron chi connectivity index (χ1n) is 8.14. The summed E-state index contributed by atoms with van der Waals surface area (Å²) in [6.45, 7) is 6.23. The summed E-state index contributed by atoms with van der Waals surface area (Å²) in [5, 5.41) is 5.39. The number of benzene rings is 2. The highest BCUT2D eigenvalue weighted by atomic mass is 32.2. The number of carbonyl (C=O) groups is 1. The number of hydrogen-bond donors (Lipinski definition) is 1. The molecule has 0 aliphatic heterocycles. The molecule has 1 aromatic heterocycles. The second-order valence-corrected chi connectivity index (χ2v) is 8.01. The molecule has 0 aliphatic rings. The third kappa shape index (κ3) is 4.51. The Morgan fingerprint density at radius 2 is 1.81 bits per heavy atom. The molecule has 0 saturated carbocycles. The van der Waals surface area contributed by atoms with Crippen LogP contribution in [-0.2, 0) is 4.79 Å². The normalized spacial score (nSPS) is 10.8. The van der Waals surface area contributed by atoms with Crippen molar-refractivity contribution in [1.82, 2.24) is 4.98 Å². The summed E-state index contributed by atoms with van der Waals surface area (Å²) in [5.41, 5.74) is 5.58. The first-order valence-corrected chi connectivity index (χ1v) is 10.0. The molecule has 26 heavy (non-hydrogen) atoms. The maximum Gasteiger partial charge on any atom is 0.236 e. The number of thioether (sulfide) groups is 1. The van der Waals surface area contributed by atoms with Crippen LogP contribution in [0, 0.1) is 26.6 Å². The molecule has 0 atom stereocenters. The van der Waals surface area contributed by atoms with Crippen LogP contribution in [0.2, 0.25) is 0 Å². The highest BCUT2D eigenvalue weighted by Gasteiger charge is 2.12. The summed E-state index contributed by atoms with van der Waals surface area (Å²) in [5.74, 6) is -0.156. The molecule has 3 rings (SSSR count). The van der Waals surface area contributed by atoms with Crippen LogP contribution in [0.3, 0.4) is 0 Å². The number of nitrogens with zero attached hydrogens (tertiary/aromatic N) is 1. The maximum absolute atomic E-state index is 12.9. The fraction of sp³-hybridized carbons (Fsp3) is 0.200. The van der Waals surface area contributed by atoms with Gasteiger partial charge in [0.1, 0.15) is 5.82 Å². The smallest absolute Gasteiger partial charge is 0.236 e. The van der Waals surface area contributed by atoms with Gasteiger partial charge in [0.15, 0.2) is 5.13 Å². The van der Waals surface area contributed by atoms with Crippen LogP contribution in [0.25, 0.3) is 11.3 Å². The van der Waals surface area contributed by atoms with Crippen molar-refractivity contribution in [3.8, 4) is 11.3 Å². The van der Waals surface area contributed by atoms with Gasteiger partial charge in [0.25, 0.3) is 0 Å². The van der Waals surface area contributed by atoms with Crippen LogP contribution < -0.4 is 5.32 Å². The van der Waals surface area contributed by atoms with Crippen molar-refractivity contribution in [2.75, 3.05) is 11.1 Å². The molecule has 0 unspecified atom stereocenters. The van der Waals surface area contributed by atoms with Gasteiger partial charge in [-0.15, -0.1) is 23.1 Å². The van der Waals surface area contributed by atoms with Crippen molar-refractivity contribution in [2.24, 2.45) is 0 Å². The van der Waals surface area contributed by atoms with E-state index in [0.29, 0.717) is 5.13 Å². The first kappa shape index (κ1) is 18.6. The van der Waals surface area contributed by atoms with Gasteiger partial charge in [-0.2, -0.15) is 0 Å². The van der Waals surface area contributed by atoms with Gasteiger partial charge >= 0.3 is 0 Å². The average Bonchev–Trinajstić information content (AvgIpc) is 3.01. The van der Waals surface area contributed by atoms with Crippen LogP contribution in [-0.4, -0.2) is 16.6 Å². The van der Waals surface area contributed by atoms with E-state index in [1.54, 1.807) is 12.1 Å². The lowest BCUT2D eigenvalue weighted by atomic mass is 9.98. The minimum absolute atomic E-state index is 0.127. The molecule has 3 nitrogen and oxygen atoms in total. The van der Waals surface area contributed by atoms with E-state index in [0.717, 1.165) is 16.2 Å². The molecular weight excluding hydrogens is 367 g/mol. The van der Waals surface area contributed by atoms with Gasteiger partial charge < -0.3 is 5.32 Å². The van der Waals surface area contributed by atoms with Crippen LogP contribution in [0.4, 0.5) is 9.52 Å². The molecule has 0 fully saturated rings. The quantitative estimate of drug-likeness (QED) is 0.580. The van der Waals surface area contributed by atoms with E-state index in [4.69, 9.17) is 0 Å². The van der Waals surface area contributed by atoms with E-state index in [1.807, 2.05) is 5.38 Å². The number of aromatic nitrogens is 1. The minimum atomic E-state index is -0.282. The van der Waals surface area contributed by atoms with Crippen molar-refractivity contribution in [3.05, 3.63) is 64.3 Å². The Morgan fingerprint density at radius 1 is 1.15 bits per heavy atom. The van der Waals surface area contributed by atoms with Gasteiger partial charge in [-0.3, -0.25) is 4.79 Å². The third-order valence-electron chi connectivity index (χ3n) is 3.87. The largest absolute Gasteiger partial charge is 0.301 e. The zero-order chi connectivity index (χ0) is 18.7. The standard InChI is InChI=1S/C20H19FN2OS2/c1-12-8-13(2)19(14(3)9-12)17-10-26-20(22-17)23-18(24)11-25-16-6-4-15(21)5-7-16/h4-10H,11H2,1-3H3,(H,22,23,24). The summed E-state index contributed by atoms with van der Waals surface area (Å²) in [4.78, 5) is 17.6. The maximum atomic E-state index is 12.9. The molecular formula is C20H19FN2OS2. The first-order chi connectivity index (χ1) is 12.4. The number of anilines is 1. The Bertz CT molecular complexity index is 912. The molecule has 134 valence electrons. The van der Waals surface area contributed by atoms with E-state index >= 15 is 0 Å². The average molecular weight is 387 g/mol. The zero-order valence-electron chi connectivity index (χ0n) is 14.8. The Morgan fingerprint density at radius 3 is 2.46 bits per heavy atom. The highest BCUT2D eigenvalue weighted by Crippen LogP contribution is 2.31. The fourth-order valence-electron chi connectivity index (χ4n) is 2.87. The number of rotatable bonds is 5. The number of carbonyl (C=O) groups excluding carboxylic acids is 1. The molecule has 0 spiro atoms. The molecule has 0 aliphatic carbocycles. The van der Waals surface area contributed by atoms with Gasteiger partial charge in [0, 0.05) is 15.8 Å². The summed E-state index contributed by atoms with van der Waals surface area (Å²) >= 11 is 2.78. The lowest BCUT2D eigenvalue weighted by molar-refractivity contribution is -0.113. The Labute approximate surface area is 160 Å². The summed E-state index contributed by atoms with van der Waals surface area (Å²) in [7, 11) is 0. The van der Waals surface area contributed by atoms with Crippen LogP contribution in [0.5, 0.6) is 0 Å². The minimum Gasteiger partial charge on any atom is -0.301 e. The van der Waals surface area contributed by atoms with E-state index in [-0.39, 0.29) is 17.5 Å². The fourth-order valence-corrected chi connectivity index (χ4v) is 4.28. The van der Waals surface area contributed by atoms with Crippen LogP contribution in [0.15, 0.2) is 46.7 Å². The summed E-state index contributed by atoms with van der Waals surface area (Å²) in [6, 6.07) is 10.4. The number of halogens is 1. The Kier molecular flexibility index (Phi) is 5.74. The second-order valence-electron chi connectivity index (χ2n) is 6.10. The summed E-state index contributed by atoms with van der Waals surface area (Å²) < 4.78 is 12.9. The SMILES string of the molecule is Cc1cc(C)c(-c2csc(NC(=O)CSc3ccc(F)cc3)n2)c(C)c1. The van der Waals surface area contributed by atoms with Crippen LogP contribution >= 0.6 is 23.1 Å². The van der Waals surface area contributed by atoms with E-state index in [2.05, 4.69) is 43.2 Å². The molecule has 1 heterocycles. The predicted octanol–water partition coefficient (Wildman–Crippen LogP) is 5.61. The van der Waals surface area contributed by atoms with Gasteiger partial charge in [-0.25, -0.2) is 9.37 Å². The van der Waals surface area contributed by atoms with E-state index in [1.165, 1.54) is 51.9 Å². The molecule has 1 N–H and O–H groups in total. The molecule has 1 amide bonds. The van der Waals surface area contributed by atoms with Gasteiger partial charge in [0.2, 0.25) is 5.91 Å². The summed E-state index contributed by atoms with van der Waals surface area (Å²) in [6.07, 6.45) is 0. The van der Waals surface area contributed by atoms with Gasteiger partial charge in [-0.05, 0) is 56.2 Å². The van der Waals surface area contributed by atoms with E-state index in [9.17, 15) is 9.18 Å². The number of amides is 1. The lowest BCUT2D eigenvalue weighted by Gasteiger charge is -2.08. The van der Waals surface area contributed by atoms with Gasteiger partial charge in [-0.1, -0.05) is 17.7 Å². The Balaban J connectivity index is 1.65. The molecule has 2 aromatic carbocycles. The zero-order valence-corrected chi connectivity index (χ0v) is 16.4. The molecule has 0 bridgehead atoms. The van der Waals surface area contributed by atoms with Gasteiger partial charge in [0.05, 0.1) is 11.4 Å². The van der Waals surface area contributed by atoms with Crippen molar-refractivity contribution in [1.29, 1.82) is 0 Å². The number of thiazole rings is 1. The van der Waals surface area contributed by atoms with Crippen molar-refractivity contribution < 1.29 is 9.18 Å². The second kappa shape index (κ2) is 8.01. The predicted molar refractivity (Wildman–Crippen MR) is 108 cm³/mol. The van der Waals surface area contributed by atoms with Crippen molar-refractivity contribution in [2.45, 2.75) is 25.7 Å². The monoisotopic (exact) mass is 386 g/mol.